The van der Waals surface area contributed by atoms with Gasteiger partial charge in [-0.15, -0.1) is 0 Å². The summed E-state index contributed by atoms with van der Waals surface area (Å²) in [5, 5.41) is 0. The lowest BCUT2D eigenvalue weighted by Gasteiger charge is -2.34. The quantitative estimate of drug-likeness (QED) is 0.740. The Labute approximate surface area is 104 Å². The molecule has 1 saturated carbocycles. The molecule has 2 N–H and O–H groups in total. The maximum absolute atomic E-state index is 11.2. The van der Waals surface area contributed by atoms with Crippen molar-refractivity contribution in [2.45, 2.75) is 51.1 Å². The molecular weight excluding hydrogens is 216 g/mol. The minimum Gasteiger partial charge on any atom is -0.468 e. The van der Waals surface area contributed by atoms with Crippen molar-refractivity contribution in [1.82, 2.24) is 4.90 Å². The molecule has 0 aliphatic heterocycles. The highest BCUT2D eigenvalue weighted by molar-refractivity contribution is 5.75. The SMILES string of the molecule is COC(=O)C(N)CCN(C)C1CCCC(C)C1. The summed E-state index contributed by atoms with van der Waals surface area (Å²) >= 11 is 0. The standard InChI is InChI=1S/C13H26N2O2/c1-10-5-4-6-11(9-10)15(2)8-7-12(14)13(16)17-3/h10-12H,4-9,14H2,1-3H3. The second kappa shape index (κ2) is 6.97. The number of hydrogen-bond acceptors (Lipinski definition) is 4. The zero-order chi connectivity index (χ0) is 12.8. The molecule has 4 nitrogen and oxygen atoms in total. The molecule has 0 aromatic carbocycles. The molecule has 0 spiro atoms. The van der Waals surface area contributed by atoms with Crippen LogP contribution in [0.1, 0.15) is 39.0 Å². The Morgan fingerprint density at radius 2 is 2.24 bits per heavy atom. The van der Waals surface area contributed by atoms with Gasteiger partial charge < -0.3 is 15.4 Å². The van der Waals surface area contributed by atoms with Crippen LogP contribution in [0.3, 0.4) is 0 Å². The number of carbonyl (C=O) groups excluding carboxylic acids is 1. The van der Waals surface area contributed by atoms with Crippen molar-refractivity contribution in [2.24, 2.45) is 11.7 Å². The summed E-state index contributed by atoms with van der Waals surface area (Å²) in [5.41, 5.74) is 5.73. The smallest absolute Gasteiger partial charge is 0.322 e. The van der Waals surface area contributed by atoms with Crippen LogP contribution in [-0.4, -0.2) is 43.7 Å². The summed E-state index contributed by atoms with van der Waals surface area (Å²) in [6.45, 7) is 3.19. The van der Waals surface area contributed by atoms with E-state index in [-0.39, 0.29) is 5.97 Å². The first-order valence-electron chi connectivity index (χ1n) is 6.58. The van der Waals surface area contributed by atoms with Crippen LogP contribution in [0.5, 0.6) is 0 Å². The first-order valence-corrected chi connectivity index (χ1v) is 6.58. The molecule has 0 saturated heterocycles. The highest BCUT2D eigenvalue weighted by Crippen LogP contribution is 2.26. The lowest BCUT2D eigenvalue weighted by molar-refractivity contribution is -0.142. The molecule has 3 unspecified atom stereocenters. The van der Waals surface area contributed by atoms with Crippen LogP contribution in [0.15, 0.2) is 0 Å². The van der Waals surface area contributed by atoms with Gasteiger partial charge in [0.1, 0.15) is 6.04 Å². The van der Waals surface area contributed by atoms with Crippen molar-refractivity contribution in [3.63, 3.8) is 0 Å². The Hall–Kier alpha value is -0.610. The predicted molar refractivity (Wildman–Crippen MR) is 68.7 cm³/mol. The average Bonchev–Trinajstić information content (AvgIpc) is 2.34. The van der Waals surface area contributed by atoms with Gasteiger partial charge in [-0.05, 0) is 32.2 Å². The van der Waals surface area contributed by atoms with Gasteiger partial charge in [-0.2, -0.15) is 0 Å². The van der Waals surface area contributed by atoms with E-state index in [1.54, 1.807) is 0 Å². The number of esters is 1. The van der Waals surface area contributed by atoms with Gasteiger partial charge in [-0.1, -0.05) is 19.8 Å². The van der Waals surface area contributed by atoms with E-state index in [2.05, 4.69) is 23.6 Å². The van der Waals surface area contributed by atoms with Crippen LogP contribution in [0.4, 0.5) is 0 Å². The molecule has 1 aliphatic rings. The van der Waals surface area contributed by atoms with Crippen LogP contribution >= 0.6 is 0 Å². The Bertz CT molecular complexity index is 246. The molecule has 4 heteroatoms. The van der Waals surface area contributed by atoms with E-state index < -0.39 is 6.04 Å². The average molecular weight is 242 g/mol. The van der Waals surface area contributed by atoms with E-state index in [1.165, 1.54) is 32.8 Å². The number of nitrogens with two attached hydrogens (primary N) is 1. The zero-order valence-corrected chi connectivity index (χ0v) is 11.3. The maximum Gasteiger partial charge on any atom is 0.322 e. The fraction of sp³-hybridized carbons (Fsp3) is 0.923. The zero-order valence-electron chi connectivity index (χ0n) is 11.3. The summed E-state index contributed by atoms with van der Waals surface area (Å²) in [5.74, 6) is 0.515. The Balaban J connectivity index is 2.28. The van der Waals surface area contributed by atoms with Crippen LogP contribution in [0.25, 0.3) is 0 Å². The van der Waals surface area contributed by atoms with Crippen molar-refractivity contribution in [3.8, 4) is 0 Å². The van der Waals surface area contributed by atoms with E-state index in [4.69, 9.17) is 5.73 Å². The second-order valence-corrected chi connectivity index (χ2v) is 5.32. The van der Waals surface area contributed by atoms with E-state index in [9.17, 15) is 4.79 Å². The number of carbonyl (C=O) groups is 1. The van der Waals surface area contributed by atoms with Crippen molar-refractivity contribution >= 4 is 5.97 Å². The molecular formula is C13H26N2O2. The van der Waals surface area contributed by atoms with Crippen LogP contribution < -0.4 is 5.73 Å². The Morgan fingerprint density at radius 3 is 2.82 bits per heavy atom. The van der Waals surface area contributed by atoms with Crippen molar-refractivity contribution < 1.29 is 9.53 Å². The molecule has 0 bridgehead atoms. The van der Waals surface area contributed by atoms with Gasteiger partial charge in [-0.3, -0.25) is 4.79 Å². The number of methoxy groups -OCH3 is 1. The van der Waals surface area contributed by atoms with Gasteiger partial charge >= 0.3 is 5.97 Å². The predicted octanol–water partition coefficient (Wildman–Crippen LogP) is 1.39. The molecule has 0 heterocycles. The van der Waals surface area contributed by atoms with Gasteiger partial charge in [-0.25, -0.2) is 0 Å². The third kappa shape index (κ3) is 4.64. The summed E-state index contributed by atoms with van der Waals surface area (Å²) in [6.07, 6.45) is 5.89. The summed E-state index contributed by atoms with van der Waals surface area (Å²) < 4.78 is 4.62. The minimum absolute atomic E-state index is 0.310. The van der Waals surface area contributed by atoms with Crippen molar-refractivity contribution in [3.05, 3.63) is 0 Å². The summed E-state index contributed by atoms with van der Waals surface area (Å²) in [7, 11) is 3.52. The fourth-order valence-corrected chi connectivity index (χ4v) is 2.60. The highest BCUT2D eigenvalue weighted by atomic mass is 16.5. The Morgan fingerprint density at radius 1 is 1.53 bits per heavy atom. The van der Waals surface area contributed by atoms with Gasteiger partial charge in [0.05, 0.1) is 7.11 Å². The lowest BCUT2D eigenvalue weighted by Crippen LogP contribution is -2.40. The van der Waals surface area contributed by atoms with Crippen LogP contribution in [0, 0.1) is 5.92 Å². The molecule has 1 aliphatic carbocycles. The molecule has 0 aromatic heterocycles. The second-order valence-electron chi connectivity index (χ2n) is 5.32. The maximum atomic E-state index is 11.2. The normalized spacial score (nSPS) is 26.9. The monoisotopic (exact) mass is 242 g/mol. The summed E-state index contributed by atoms with van der Waals surface area (Å²) in [6, 6.07) is 0.173. The number of hydrogen-bond donors (Lipinski definition) is 1. The molecule has 3 atom stereocenters. The van der Waals surface area contributed by atoms with E-state index in [1.807, 2.05) is 0 Å². The lowest BCUT2D eigenvalue weighted by atomic mass is 9.86. The first-order chi connectivity index (χ1) is 8.04. The largest absolute Gasteiger partial charge is 0.468 e. The van der Waals surface area contributed by atoms with Crippen molar-refractivity contribution in [2.75, 3.05) is 20.7 Å². The van der Waals surface area contributed by atoms with Crippen molar-refractivity contribution in [1.29, 1.82) is 0 Å². The molecule has 0 radical (unpaired) electrons. The van der Waals surface area contributed by atoms with E-state index in [0.29, 0.717) is 12.5 Å². The molecule has 0 amide bonds. The first kappa shape index (κ1) is 14.5. The van der Waals surface area contributed by atoms with Gasteiger partial charge in [0.25, 0.3) is 0 Å². The molecule has 17 heavy (non-hydrogen) atoms. The third-order valence-corrected chi connectivity index (χ3v) is 3.83. The fourth-order valence-electron chi connectivity index (χ4n) is 2.60. The molecule has 0 aromatic rings. The topological polar surface area (TPSA) is 55.6 Å². The third-order valence-electron chi connectivity index (χ3n) is 3.83. The van der Waals surface area contributed by atoms with Crippen LogP contribution in [0.2, 0.25) is 0 Å². The highest BCUT2D eigenvalue weighted by Gasteiger charge is 2.23. The van der Waals surface area contributed by atoms with E-state index >= 15 is 0 Å². The van der Waals surface area contributed by atoms with Gasteiger partial charge in [0, 0.05) is 12.6 Å². The number of rotatable bonds is 5. The molecule has 1 rings (SSSR count). The number of nitrogens with zero attached hydrogens (tertiary/aromatic N) is 1. The molecule has 1 fully saturated rings. The van der Waals surface area contributed by atoms with Gasteiger partial charge in [0.15, 0.2) is 0 Å². The van der Waals surface area contributed by atoms with Crippen LogP contribution in [-0.2, 0) is 9.53 Å². The van der Waals surface area contributed by atoms with Gasteiger partial charge in [0.2, 0.25) is 0 Å². The molecule has 100 valence electrons. The van der Waals surface area contributed by atoms with E-state index in [0.717, 1.165) is 12.5 Å². The number of ether oxygens (including phenoxy) is 1. The Kier molecular flexibility index (Phi) is 5.92. The summed E-state index contributed by atoms with van der Waals surface area (Å²) in [4.78, 5) is 13.5. The minimum atomic E-state index is -0.483.